The Kier molecular flexibility index (Phi) is 6.25. The van der Waals surface area contributed by atoms with Crippen LogP contribution in [0.15, 0.2) is 44.4 Å². The summed E-state index contributed by atoms with van der Waals surface area (Å²) in [5.41, 5.74) is 0.929. The Morgan fingerprint density at radius 3 is 2.30 bits per heavy atom. The lowest BCUT2D eigenvalue weighted by molar-refractivity contribution is 0.414. The van der Waals surface area contributed by atoms with Gasteiger partial charge in [-0.25, -0.2) is 13.1 Å². The lowest BCUT2D eigenvalue weighted by Crippen LogP contribution is -2.29. The number of hydrogen-bond acceptors (Lipinski definition) is 4. The number of ether oxygens (including phenoxy) is 1. The second-order valence-corrected chi connectivity index (χ2v) is 10.0. The molecule has 1 atom stereocenters. The summed E-state index contributed by atoms with van der Waals surface area (Å²) in [6.45, 7) is 4.15. The Morgan fingerprint density at radius 2 is 1.83 bits per heavy atom. The monoisotopic (exact) mass is 417 g/mol. The molecule has 2 rings (SSSR count). The molecule has 0 saturated heterocycles. The molecule has 0 amide bonds. The largest absolute Gasteiger partial charge is 0.497 e. The summed E-state index contributed by atoms with van der Waals surface area (Å²) in [7, 11) is -1.93. The van der Waals surface area contributed by atoms with Crippen LogP contribution in [0, 0.1) is 5.92 Å². The van der Waals surface area contributed by atoms with Gasteiger partial charge in [0.05, 0.1) is 10.9 Å². The summed E-state index contributed by atoms with van der Waals surface area (Å²) in [6, 6.07) is 10.6. The van der Waals surface area contributed by atoms with Crippen LogP contribution >= 0.6 is 27.3 Å². The highest BCUT2D eigenvalue weighted by molar-refractivity contribution is 9.11. The topological polar surface area (TPSA) is 55.4 Å². The van der Waals surface area contributed by atoms with Gasteiger partial charge in [-0.15, -0.1) is 11.3 Å². The predicted octanol–water partition coefficient (Wildman–Crippen LogP) is 4.58. The molecule has 0 aliphatic rings. The molecule has 0 bridgehead atoms. The Labute approximate surface area is 150 Å². The molecule has 0 unspecified atom stereocenters. The van der Waals surface area contributed by atoms with Crippen molar-refractivity contribution in [2.24, 2.45) is 5.92 Å². The zero-order valence-corrected chi connectivity index (χ0v) is 16.5. The Hall–Kier alpha value is -0.890. The van der Waals surface area contributed by atoms with Gasteiger partial charge in [-0.1, -0.05) is 26.0 Å². The zero-order chi connectivity index (χ0) is 17.0. The van der Waals surface area contributed by atoms with E-state index in [9.17, 15) is 8.42 Å². The standard InChI is InChI=1S/C16H20BrNO3S2/c1-11(2)10-14(12-4-6-13(21-3)7-5-12)18-23(19,20)16-9-8-15(17)22-16/h4-9,11,14,18H,10H2,1-3H3/t14-/m1/s1. The summed E-state index contributed by atoms with van der Waals surface area (Å²) in [6.07, 6.45) is 0.720. The Bertz CT molecular complexity index is 739. The van der Waals surface area contributed by atoms with Crippen LogP contribution in [0.3, 0.4) is 0 Å². The molecular weight excluding hydrogens is 398 g/mol. The van der Waals surface area contributed by atoms with Crippen molar-refractivity contribution < 1.29 is 13.2 Å². The second-order valence-electron chi connectivity index (χ2n) is 5.64. The number of rotatable bonds is 7. The van der Waals surface area contributed by atoms with Crippen LogP contribution in [-0.4, -0.2) is 15.5 Å². The van der Waals surface area contributed by atoms with E-state index in [1.165, 1.54) is 11.3 Å². The van der Waals surface area contributed by atoms with Gasteiger partial charge in [0, 0.05) is 6.04 Å². The highest BCUT2D eigenvalue weighted by Gasteiger charge is 2.23. The van der Waals surface area contributed by atoms with E-state index in [-0.39, 0.29) is 6.04 Å². The number of sulfonamides is 1. The zero-order valence-electron chi connectivity index (χ0n) is 13.2. The summed E-state index contributed by atoms with van der Waals surface area (Å²) < 4.78 is 34.3. The van der Waals surface area contributed by atoms with Gasteiger partial charge in [0.1, 0.15) is 9.96 Å². The first kappa shape index (κ1) is 18.4. The SMILES string of the molecule is COc1ccc([C@@H](CC(C)C)NS(=O)(=O)c2ccc(Br)s2)cc1. The molecule has 23 heavy (non-hydrogen) atoms. The second kappa shape index (κ2) is 7.79. The Morgan fingerprint density at radius 1 is 1.17 bits per heavy atom. The lowest BCUT2D eigenvalue weighted by atomic mass is 9.98. The first-order valence-electron chi connectivity index (χ1n) is 7.23. The molecule has 0 spiro atoms. The molecule has 0 radical (unpaired) electrons. The molecule has 1 aromatic carbocycles. The molecule has 0 aliphatic carbocycles. The quantitative estimate of drug-likeness (QED) is 0.716. The van der Waals surface area contributed by atoms with Crippen LogP contribution in [0.5, 0.6) is 5.75 Å². The first-order chi connectivity index (χ1) is 10.8. The number of halogens is 1. The van der Waals surface area contributed by atoms with Crippen molar-refractivity contribution in [3.63, 3.8) is 0 Å². The molecule has 126 valence electrons. The van der Waals surface area contributed by atoms with E-state index < -0.39 is 10.0 Å². The fourth-order valence-electron chi connectivity index (χ4n) is 2.25. The van der Waals surface area contributed by atoms with Gasteiger partial charge < -0.3 is 4.74 Å². The van der Waals surface area contributed by atoms with Gasteiger partial charge in [-0.2, -0.15) is 0 Å². The summed E-state index contributed by atoms with van der Waals surface area (Å²) in [5.74, 6) is 1.11. The van der Waals surface area contributed by atoms with E-state index in [1.54, 1.807) is 19.2 Å². The lowest BCUT2D eigenvalue weighted by Gasteiger charge is -2.21. The molecule has 7 heteroatoms. The fraction of sp³-hybridized carbons (Fsp3) is 0.375. The number of nitrogens with one attached hydrogen (secondary N) is 1. The molecule has 0 aliphatic heterocycles. The van der Waals surface area contributed by atoms with E-state index in [4.69, 9.17) is 4.74 Å². The molecule has 1 heterocycles. The van der Waals surface area contributed by atoms with E-state index in [0.717, 1.165) is 21.5 Å². The molecule has 1 N–H and O–H groups in total. The summed E-state index contributed by atoms with van der Waals surface area (Å²) in [4.78, 5) is 0. The molecule has 4 nitrogen and oxygen atoms in total. The molecular formula is C16H20BrNO3S2. The number of hydrogen-bond donors (Lipinski definition) is 1. The van der Waals surface area contributed by atoms with Crippen LogP contribution in [-0.2, 0) is 10.0 Å². The minimum Gasteiger partial charge on any atom is -0.497 e. The van der Waals surface area contributed by atoms with Crippen molar-refractivity contribution in [2.75, 3.05) is 7.11 Å². The number of methoxy groups -OCH3 is 1. The highest BCUT2D eigenvalue weighted by atomic mass is 79.9. The van der Waals surface area contributed by atoms with Crippen LogP contribution in [0.2, 0.25) is 0 Å². The van der Waals surface area contributed by atoms with Gasteiger partial charge in [0.15, 0.2) is 0 Å². The fourth-order valence-corrected chi connectivity index (χ4v) is 5.51. The first-order valence-corrected chi connectivity index (χ1v) is 10.3. The van der Waals surface area contributed by atoms with Crippen LogP contribution in [0.4, 0.5) is 0 Å². The molecule has 0 saturated carbocycles. The highest BCUT2D eigenvalue weighted by Crippen LogP contribution is 2.29. The maximum Gasteiger partial charge on any atom is 0.250 e. The van der Waals surface area contributed by atoms with Crippen LogP contribution < -0.4 is 9.46 Å². The summed E-state index contributed by atoms with van der Waals surface area (Å²) in [5, 5.41) is 0. The molecule has 0 fully saturated rings. The van der Waals surface area contributed by atoms with Crippen molar-refractivity contribution in [3.8, 4) is 5.75 Å². The average Bonchev–Trinajstić information content (AvgIpc) is 2.93. The van der Waals surface area contributed by atoms with Gasteiger partial charge in [-0.05, 0) is 58.1 Å². The van der Waals surface area contributed by atoms with E-state index >= 15 is 0 Å². The smallest absolute Gasteiger partial charge is 0.250 e. The van der Waals surface area contributed by atoms with Crippen LogP contribution in [0.1, 0.15) is 31.9 Å². The van der Waals surface area contributed by atoms with Crippen molar-refractivity contribution in [1.82, 2.24) is 4.72 Å². The maximum atomic E-state index is 12.6. The van der Waals surface area contributed by atoms with Crippen molar-refractivity contribution >= 4 is 37.3 Å². The number of benzene rings is 1. The van der Waals surface area contributed by atoms with Crippen molar-refractivity contribution in [2.45, 2.75) is 30.5 Å². The molecule has 1 aromatic heterocycles. The molecule has 2 aromatic rings. The third-order valence-electron chi connectivity index (χ3n) is 3.34. The van der Waals surface area contributed by atoms with Gasteiger partial charge in [-0.3, -0.25) is 0 Å². The van der Waals surface area contributed by atoms with Gasteiger partial charge >= 0.3 is 0 Å². The Balaban J connectivity index is 2.27. The van der Waals surface area contributed by atoms with Crippen LogP contribution in [0.25, 0.3) is 0 Å². The average molecular weight is 418 g/mol. The summed E-state index contributed by atoms with van der Waals surface area (Å²) >= 11 is 4.51. The minimum absolute atomic E-state index is 0.271. The minimum atomic E-state index is -3.54. The third-order valence-corrected chi connectivity index (χ3v) is 6.92. The van der Waals surface area contributed by atoms with Gasteiger partial charge in [0.25, 0.3) is 10.0 Å². The maximum absolute atomic E-state index is 12.6. The van der Waals surface area contributed by atoms with E-state index in [0.29, 0.717) is 10.1 Å². The van der Waals surface area contributed by atoms with E-state index in [1.807, 2.05) is 24.3 Å². The van der Waals surface area contributed by atoms with Gasteiger partial charge in [0.2, 0.25) is 0 Å². The van der Waals surface area contributed by atoms with Crippen molar-refractivity contribution in [3.05, 3.63) is 45.7 Å². The number of thiophene rings is 1. The normalized spacial score (nSPS) is 13.3. The third kappa shape index (κ3) is 5.04. The predicted molar refractivity (Wildman–Crippen MR) is 97.5 cm³/mol. The van der Waals surface area contributed by atoms with Crippen molar-refractivity contribution in [1.29, 1.82) is 0 Å². The van der Waals surface area contributed by atoms with E-state index in [2.05, 4.69) is 34.5 Å².